The van der Waals surface area contributed by atoms with Gasteiger partial charge in [0.2, 0.25) is 27.6 Å². The summed E-state index contributed by atoms with van der Waals surface area (Å²) in [6, 6.07) is 16.6. The lowest BCUT2D eigenvalue weighted by molar-refractivity contribution is -0.142. The molecule has 1 fully saturated rings. The molecule has 5 N–H and O–H groups in total. The van der Waals surface area contributed by atoms with Crippen molar-refractivity contribution >= 4 is 45.1 Å². The number of hydrogen-bond acceptors (Lipinski definition) is 9. The number of carbonyl (C=O) groups is 4. The van der Waals surface area contributed by atoms with Crippen LogP contribution in [0.5, 0.6) is 0 Å². The molecule has 280 valence electrons. The summed E-state index contributed by atoms with van der Waals surface area (Å²) in [4.78, 5) is 59.9. The maximum Gasteiger partial charge on any atom is 0.289 e. The number of rotatable bonds is 20. The van der Waals surface area contributed by atoms with Crippen molar-refractivity contribution in [3.63, 3.8) is 0 Å². The average Bonchev–Trinajstić information content (AvgIpc) is 3.57. The number of likely N-dealkylation sites (tertiary alicyclic amines) is 1. The number of aryl methyl sites for hydroxylation is 1. The van der Waals surface area contributed by atoms with Gasteiger partial charge in [0.25, 0.3) is 5.91 Å². The van der Waals surface area contributed by atoms with Crippen LogP contribution in [0.1, 0.15) is 48.8 Å². The van der Waals surface area contributed by atoms with E-state index in [-0.39, 0.29) is 39.0 Å². The molecule has 15 heteroatoms. The number of Topliss-reactive ketones (excluding diaryl/α,β-unsaturated/α-hetero) is 1. The molecular weight excluding hydrogens is 708 g/mol. The number of pyridine rings is 1. The van der Waals surface area contributed by atoms with Crippen LogP contribution < -0.4 is 21.1 Å². The zero-order valence-corrected chi connectivity index (χ0v) is 30.8. The Bertz CT molecular complexity index is 1730. The maximum absolute atomic E-state index is 14.2. The van der Waals surface area contributed by atoms with E-state index in [9.17, 15) is 27.6 Å². The van der Waals surface area contributed by atoms with Gasteiger partial charge in [-0.3, -0.25) is 24.2 Å². The van der Waals surface area contributed by atoms with Gasteiger partial charge in [0.15, 0.2) is 0 Å². The fourth-order valence-corrected chi connectivity index (χ4v) is 6.86. The first-order chi connectivity index (χ1) is 24.9. The highest BCUT2D eigenvalue weighted by Gasteiger charge is 2.43. The molecule has 0 bridgehead atoms. The highest BCUT2D eigenvalue weighted by molar-refractivity contribution is 7.88. The van der Waals surface area contributed by atoms with Crippen LogP contribution in [-0.4, -0.2) is 91.9 Å². The van der Waals surface area contributed by atoms with Crippen LogP contribution in [0, 0.1) is 0 Å². The summed E-state index contributed by atoms with van der Waals surface area (Å²) < 4.78 is 33.4. The Morgan fingerprint density at radius 2 is 1.62 bits per heavy atom. The Morgan fingerprint density at radius 1 is 0.923 bits per heavy atom. The number of halogens is 1. The molecule has 0 spiro atoms. The minimum absolute atomic E-state index is 0.000925. The summed E-state index contributed by atoms with van der Waals surface area (Å²) in [5.74, 6) is -2.90. The van der Waals surface area contributed by atoms with E-state index in [2.05, 4.69) is 20.3 Å². The van der Waals surface area contributed by atoms with Gasteiger partial charge in [-0.05, 0) is 86.0 Å². The average molecular weight is 755 g/mol. The van der Waals surface area contributed by atoms with E-state index < -0.39 is 57.8 Å². The van der Waals surface area contributed by atoms with Crippen molar-refractivity contribution < 1.29 is 32.3 Å². The van der Waals surface area contributed by atoms with Crippen LogP contribution in [0.4, 0.5) is 0 Å². The molecule has 0 saturated carbocycles. The number of aromatic nitrogens is 1. The Balaban J connectivity index is 1.52. The van der Waals surface area contributed by atoms with Gasteiger partial charge in [0, 0.05) is 36.9 Å². The molecule has 2 heterocycles. The zero-order chi connectivity index (χ0) is 37.5. The van der Waals surface area contributed by atoms with Gasteiger partial charge in [0.1, 0.15) is 12.1 Å². The third-order valence-corrected chi connectivity index (χ3v) is 9.68. The Labute approximate surface area is 310 Å². The van der Waals surface area contributed by atoms with E-state index in [1.165, 1.54) is 4.90 Å². The zero-order valence-electron chi connectivity index (χ0n) is 29.2. The molecule has 52 heavy (non-hydrogen) atoms. The molecule has 1 aliphatic heterocycles. The summed E-state index contributed by atoms with van der Waals surface area (Å²) in [5.41, 5.74) is 8.35. The molecule has 1 aliphatic rings. The quantitative estimate of drug-likeness (QED) is 0.0991. The van der Waals surface area contributed by atoms with E-state index >= 15 is 0 Å². The second-order valence-corrected chi connectivity index (χ2v) is 15.1. The van der Waals surface area contributed by atoms with Gasteiger partial charge >= 0.3 is 0 Å². The highest BCUT2D eigenvalue weighted by atomic mass is 35.5. The normalized spacial score (nSPS) is 16.9. The Morgan fingerprint density at radius 3 is 2.29 bits per heavy atom. The molecule has 3 aromatic rings. The van der Waals surface area contributed by atoms with E-state index in [0.29, 0.717) is 37.3 Å². The SMILES string of the molecule is CS(=O)(=O)N[C@H](CCc1ccccc1)C(=O)N1C[C@H](OCc2ccc(Cl)cc2)C[C@H]1C(=O)N[C@@H](CCCCN)C(=O)C(=O)NCCc1ccncc1. The predicted octanol–water partition coefficient (Wildman–Crippen LogP) is 2.31. The summed E-state index contributed by atoms with van der Waals surface area (Å²) in [6.07, 6.45) is 5.95. The van der Waals surface area contributed by atoms with E-state index in [0.717, 1.165) is 22.9 Å². The van der Waals surface area contributed by atoms with Crippen LogP contribution in [0.2, 0.25) is 5.02 Å². The number of ether oxygens (including phenoxy) is 1. The van der Waals surface area contributed by atoms with Crippen molar-refractivity contribution in [1.82, 2.24) is 25.2 Å². The van der Waals surface area contributed by atoms with Gasteiger partial charge in [-0.1, -0.05) is 54.1 Å². The van der Waals surface area contributed by atoms with Gasteiger partial charge in [-0.2, -0.15) is 0 Å². The highest BCUT2D eigenvalue weighted by Crippen LogP contribution is 2.25. The van der Waals surface area contributed by atoms with Crippen LogP contribution in [-0.2, 0) is 53.4 Å². The first kappa shape index (κ1) is 40.6. The van der Waals surface area contributed by atoms with Crippen molar-refractivity contribution in [3.05, 3.63) is 101 Å². The third-order valence-electron chi connectivity index (χ3n) is 8.72. The molecule has 0 unspecified atom stereocenters. The number of hydrogen-bond donors (Lipinski definition) is 4. The van der Waals surface area contributed by atoms with E-state index in [4.69, 9.17) is 22.1 Å². The van der Waals surface area contributed by atoms with Crippen molar-refractivity contribution in [2.75, 3.05) is 25.9 Å². The largest absolute Gasteiger partial charge is 0.372 e. The number of nitrogens with one attached hydrogen (secondary N) is 3. The lowest BCUT2D eigenvalue weighted by atomic mass is 10.0. The van der Waals surface area contributed by atoms with Crippen molar-refractivity contribution in [1.29, 1.82) is 0 Å². The fourth-order valence-electron chi connectivity index (χ4n) is 6.00. The number of nitrogens with two attached hydrogens (primary N) is 1. The van der Waals surface area contributed by atoms with Crippen LogP contribution in [0.3, 0.4) is 0 Å². The molecule has 4 atom stereocenters. The number of amides is 3. The number of unbranched alkanes of at least 4 members (excludes halogenated alkanes) is 1. The molecule has 0 aliphatic carbocycles. The lowest BCUT2D eigenvalue weighted by Crippen LogP contribution is -2.56. The van der Waals surface area contributed by atoms with Gasteiger partial charge in [0.05, 0.1) is 25.0 Å². The number of carbonyl (C=O) groups excluding carboxylic acids is 4. The monoisotopic (exact) mass is 754 g/mol. The smallest absolute Gasteiger partial charge is 0.289 e. The first-order valence-electron chi connectivity index (χ1n) is 17.3. The first-order valence-corrected chi connectivity index (χ1v) is 19.6. The topological polar surface area (TPSA) is 190 Å². The molecule has 1 aromatic heterocycles. The van der Waals surface area contributed by atoms with Crippen LogP contribution in [0.25, 0.3) is 0 Å². The Kier molecular flexibility index (Phi) is 15.7. The van der Waals surface area contributed by atoms with Gasteiger partial charge in [-0.25, -0.2) is 13.1 Å². The van der Waals surface area contributed by atoms with Crippen molar-refractivity contribution in [2.24, 2.45) is 5.73 Å². The second-order valence-electron chi connectivity index (χ2n) is 12.8. The number of ketones is 1. The minimum Gasteiger partial charge on any atom is -0.372 e. The molecule has 0 radical (unpaired) electrons. The van der Waals surface area contributed by atoms with Crippen LogP contribution >= 0.6 is 11.6 Å². The molecule has 13 nitrogen and oxygen atoms in total. The van der Waals surface area contributed by atoms with E-state index in [1.54, 1.807) is 36.7 Å². The molecule has 2 aromatic carbocycles. The van der Waals surface area contributed by atoms with E-state index in [1.807, 2.05) is 42.5 Å². The second kappa shape index (κ2) is 20.1. The third kappa shape index (κ3) is 13.1. The number of sulfonamides is 1. The standard InChI is InChI=1S/C37H47ClN6O7S/c1-52(49,50)43-32(15-12-26-7-3-2-4-8-26)37(48)44-24-30(51-25-28-10-13-29(38)14-11-28)23-33(44)35(46)42-31(9-5-6-19-39)34(45)36(47)41-22-18-27-16-20-40-21-17-27/h2-4,7-8,10-11,13-14,16-17,20-21,30-33,43H,5-6,9,12,15,18-19,22-25,39H2,1H3,(H,41,47)(H,42,46)/t30-,31+,32-,33+/m1/s1. The van der Waals surface area contributed by atoms with Crippen molar-refractivity contribution in [2.45, 2.75) is 75.8 Å². The lowest BCUT2D eigenvalue weighted by Gasteiger charge is -2.29. The van der Waals surface area contributed by atoms with Crippen LogP contribution in [0.15, 0.2) is 79.1 Å². The van der Waals surface area contributed by atoms with Gasteiger partial charge < -0.3 is 26.0 Å². The number of benzene rings is 2. The minimum atomic E-state index is -3.82. The molecule has 1 saturated heterocycles. The summed E-state index contributed by atoms with van der Waals surface area (Å²) in [6.45, 7) is 0.742. The summed E-state index contributed by atoms with van der Waals surface area (Å²) >= 11 is 6.03. The fraction of sp³-hybridized carbons (Fsp3) is 0.432. The maximum atomic E-state index is 14.2. The number of nitrogens with zero attached hydrogens (tertiary/aromatic N) is 2. The summed E-state index contributed by atoms with van der Waals surface area (Å²) in [7, 11) is -3.82. The molecule has 4 rings (SSSR count). The van der Waals surface area contributed by atoms with Crippen molar-refractivity contribution in [3.8, 4) is 0 Å². The molecular formula is C37H47ClN6O7S. The molecule has 3 amide bonds. The Hall–Kier alpha value is -4.21. The summed E-state index contributed by atoms with van der Waals surface area (Å²) in [5, 5.41) is 5.94. The van der Waals surface area contributed by atoms with Gasteiger partial charge in [-0.15, -0.1) is 0 Å². The predicted molar refractivity (Wildman–Crippen MR) is 197 cm³/mol.